The van der Waals surface area contributed by atoms with Crippen LogP contribution < -0.4 is 5.32 Å². The van der Waals surface area contributed by atoms with Crippen LogP contribution in [0.1, 0.15) is 44.0 Å². The second kappa shape index (κ2) is 7.61. The lowest BCUT2D eigenvalue weighted by Gasteiger charge is -2.14. The fourth-order valence-electron chi connectivity index (χ4n) is 2.38. The Hall–Kier alpha value is -0.930. The predicted octanol–water partition coefficient (Wildman–Crippen LogP) is 4.40. The topological polar surface area (TPSA) is 24.9 Å². The number of unbranched alkanes of at least 4 members (excludes halogenated alkanes) is 3. The third kappa shape index (κ3) is 4.29. The molecular weight excluding hydrogens is 252 g/mol. The quantitative estimate of drug-likeness (QED) is 0.723. The number of thiazole rings is 1. The highest BCUT2D eigenvalue weighted by atomic mass is 32.1. The average molecular weight is 276 g/mol. The van der Waals surface area contributed by atoms with E-state index >= 15 is 0 Å². The molecule has 0 fully saturated rings. The molecule has 0 amide bonds. The van der Waals surface area contributed by atoms with Gasteiger partial charge in [0.1, 0.15) is 0 Å². The average Bonchev–Trinajstić information content (AvgIpc) is 2.84. The summed E-state index contributed by atoms with van der Waals surface area (Å²) >= 11 is 1.83. The highest BCUT2D eigenvalue weighted by Crippen LogP contribution is 2.23. The Balaban J connectivity index is 1.90. The summed E-state index contributed by atoms with van der Waals surface area (Å²) in [5.74, 6) is 0. The molecule has 0 spiro atoms. The molecule has 2 nitrogen and oxygen atoms in total. The van der Waals surface area contributed by atoms with Crippen LogP contribution in [0.25, 0.3) is 10.2 Å². The summed E-state index contributed by atoms with van der Waals surface area (Å²) in [6.07, 6.45) is 7.66. The molecule has 1 aromatic heterocycles. The molecule has 1 N–H and O–H groups in total. The smallest absolute Gasteiger partial charge is 0.0954 e. The van der Waals surface area contributed by atoms with Crippen LogP contribution in [0.5, 0.6) is 0 Å². The van der Waals surface area contributed by atoms with Crippen molar-refractivity contribution in [3.63, 3.8) is 0 Å². The Kier molecular flexibility index (Phi) is 5.80. The molecule has 0 saturated heterocycles. The number of fused-ring (bicyclic) bond motifs is 1. The number of benzene rings is 1. The number of aromatic nitrogens is 1. The van der Waals surface area contributed by atoms with Crippen molar-refractivity contribution in [1.82, 2.24) is 10.3 Å². The first-order chi connectivity index (χ1) is 9.33. The monoisotopic (exact) mass is 276 g/mol. The number of hydrogen-bond acceptors (Lipinski definition) is 3. The van der Waals surface area contributed by atoms with E-state index in [1.807, 2.05) is 11.3 Å². The first-order valence-corrected chi connectivity index (χ1v) is 8.17. The summed E-state index contributed by atoms with van der Waals surface area (Å²) in [5.41, 5.74) is 1.14. The molecule has 104 valence electrons. The summed E-state index contributed by atoms with van der Waals surface area (Å²) in [5, 5.41) is 4.70. The van der Waals surface area contributed by atoms with E-state index in [0.29, 0.717) is 6.04 Å². The Morgan fingerprint density at radius 2 is 2.05 bits per heavy atom. The highest BCUT2D eigenvalue weighted by Gasteiger charge is 2.10. The van der Waals surface area contributed by atoms with Crippen LogP contribution in [0, 0.1) is 0 Å². The maximum Gasteiger partial charge on any atom is 0.0954 e. The summed E-state index contributed by atoms with van der Waals surface area (Å²) in [6.45, 7) is 2.26. The van der Waals surface area contributed by atoms with E-state index in [-0.39, 0.29) is 0 Å². The minimum Gasteiger partial charge on any atom is -0.317 e. The Morgan fingerprint density at radius 3 is 2.79 bits per heavy atom. The molecule has 0 aliphatic carbocycles. The molecule has 2 rings (SSSR count). The molecule has 3 heteroatoms. The van der Waals surface area contributed by atoms with Gasteiger partial charge in [0.25, 0.3) is 0 Å². The van der Waals surface area contributed by atoms with E-state index in [1.165, 1.54) is 41.8 Å². The van der Waals surface area contributed by atoms with Gasteiger partial charge in [-0.3, -0.25) is 0 Å². The van der Waals surface area contributed by atoms with Crippen LogP contribution in [0.15, 0.2) is 24.3 Å². The van der Waals surface area contributed by atoms with Crippen LogP contribution in [-0.4, -0.2) is 18.1 Å². The minimum absolute atomic E-state index is 0.567. The second-order valence-corrected chi connectivity index (χ2v) is 6.23. The highest BCUT2D eigenvalue weighted by molar-refractivity contribution is 7.18. The van der Waals surface area contributed by atoms with E-state index in [4.69, 9.17) is 4.98 Å². The van der Waals surface area contributed by atoms with Gasteiger partial charge in [0.05, 0.1) is 15.2 Å². The van der Waals surface area contributed by atoms with Crippen molar-refractivity contribution in [1.29, 1.82) is 0 Å². The summed E-state index contributed by atoms with van der Waals surface area (Å²) in [7, 11) is 2.07. The number of hydrogen-bond donors (Lipinski definition) is 1. The lowest BCUT2D eigenvalue weighted by Crippen LogP contribution is -2.27. The van der Waals surface area contributed by atoms with Crippen molar-refractivity contribution >= 4 is 21.6 Å². The van der Waals surface area contributed by atoms with E-state index in [9.17, 15) is 0 Å². The van der Waals surface area contributed by atoms with Gasteiger partial charge in [-0.2, -0.15) is 0 Å². The molecule has 19 heavy (non-hydrogen) atoms. The van der Waals surface area contributed by atoms with Gasteiger partial charge in [-0.15, -0.1) is 11.3 Å². The first kappa shape index (κ1) is 14.5. The van der Waals surface area contributed by atoms with Crippen LogP contribution in [0.2, 0.25) is 0 Å². The molecule has 1 aromatic carbocycles. The van der Waals surface area contributed by atoms with Gasteiger partial charge in [0.2, 0.25) is 0 Å². The number of nitrogens with zero attached hydrogens (tertiary/aromatic N) is 1. The maximum atomic E-state index is 4.72. The molecular formula is C16H24N2S. The van der Waals surface area contributed by atoms with Crippen molar-refractivity contribution in [2.24, 2.45) is 0 Å². The third-order valence-electron chi connectivity index (χ3n) is 3.57. The molecule has 0 radical (unpaired) electrons. The van der Waals surface area contributed by atoms with Gasteiger partial charge in [0.15, 0.2) is 0 Å². The summed E-state index contributed by atoms with van der Waals surface area (Å²) < 4.78 is 1.30. The van der Waals surface area contributed by atoms with Crippen molar-refractivity contribution in [2.75, 3.05) is 7.05 Å². The van der Waals surface area contributed by atoms with E-state index in [1.54, 1.807) is 0 Å². The zero-order valence-electron chi connectivity index (χ0n) is 12.0. The standard InChI is InChI=1S/C16H24N2S/c1-3-4-5-6-9-13(17-2)12-16-18-14-10-7-8-11-15(14)19-16/h7-8,10-11,13,17H,3-6,9,12H2,1-2H3. The van der Waals surface area contributed by atoms with Crippen LogP contribution >= 0.6 is 11.3 Å². The number of likely N-dealkylation sites (N-methyl/N-ethyl adjacent to an activating group) is 1. The van der Waals surface area contributed by atoms with Crippen LogP contribution in [0.4, 0.5) is 0 Å². The molecule has 0 aliphatic rings. The zero-order valence-corrected chi connectivity index (χ0v) is 12.8. The van der Waals surface area contributed by atoms with E-state index in [2.05, 4.69) is 43.6 Å². The molecule has 0 aliphatic heterocycles. The lowest BCUT2D eigenvalue weighted by molar-refractivity contribution is 0.484. The fourth-order valence-corrected chi connectivity index (χ4v) is 3.43. The van der Waals surface area contributed by atoms with Crippen molar-refractivity contribution < 1.29 is 0 Å². The van der Waals surface area contributed by atoms with E-state index < -0.39 is 0 Å². The van der Waals surface area contributed by atoms with Crippen molar-refractivity contribution in [3.8, 4) is 0 Å². The molecule has 2 aromatic rings. The van der Waals surface area contributed by atoms with Crippen LogP contribution in [-0.2, 0) is 6.42 Å². The number of rotatable bonds is 8. The van der Waals surface area contributed by atoms with Crippen LogP contribution in [0.3, 0.4) is 0 Å². The van der Waals surface area contributed by atoms with Gasteiger partial charge in [-0.1, -0.05) is 44.7 Å². The zero-order chi connectivity index (χ0) is 13.5. The Morgan fingerprint density at radius 1 is 1.21 bits per heavy atom. The number of para-hydroxylation sites is 1. The molecule has 0 saturated carbocycles. The largest absolute Gasteiger partial charge is 0.317 e. The Bertz CT molecular complexity index is 459. The van der Waals surface area contributed by atoms with Crippen molar-refractivity contribution in [2.45, 2.75) is 51.5 Å². The second-order valence-electron chi connectivity index (χ2n) is 5.11. The Labute approximate surface area is 120 Å². The van der Waals surface area contributed by atoms with Gasteiger partial charge < -0.3 is 5.32 Å². The summed E-state index contributed by atoms with van der Waals surface area (Å²) in [6, 6.07) is 8.98. The fraction of sp³-hybridized carbons (Fsp3) is 0.562. The van der Waals surface area contributed by atoms with E-state index in [0.717, 1.165) is 11.9 Å². The first-order valence-electron chi connectivity index (χ1n) is 7.35. The molecule has 1 atom stereocenters. The molecule has 0 bridgehead atoms. The van der Waals surface area contributed by atoms with Gasteiger partial charge in [-0.05, 0) is 25.6 Å². The van der Waals surface area contributed by atoms with Gasteiger partial charge >= 0.3 is 0 Å². The normalized spacial score (nSPS) is 12.9. The molecule has 1 unspecified atom stereocenters. The van der Waals surface area contributed by atoms with Gasteiger partial charge in [-0.25, -0.2) is 4.98 Å². The minimum atomic E-state index is 0.567. The molecule has 1 heterocycles. The lowest BCUT2D eigenvalue weighted by atomic mass is 10.1. The van der Waals surface area contributed by atoms with Crippen molar-refractivity contribution in [3.05, 3.63) is 29.3 Å². The maximum absolute atomic E-state index is 4.72. The predicted molar refractivity (Wildman–Crippen MR) is 84.9 cm³/mol. The number of nitrogens with one attached hydrogen (secondary N) is 1. The SMILES string of the molecule is CCCCCCC(Cc1nc2ccccc2s1)NC. The van der Waals surface area contributed by atoms with Gasteiger partial charge in [0, 0.05) is 12.5 Å². The third-order valence-corrected chi connectivity index (χ3v) is 4.63. The summed E-state index contributed by atoms with van der Waals surface area (Å²) in [4.78, 5) is 4.72.